The molecule has 144 valence electrons. The number of carbonyl (C=O) groups excluding carboxylic acids is 1. The Morgan fingerprint density at radius 3 is 2.86 bits per heavy atom. The average molecular weight is 375 g/mol. The Kier molecular flexibility index (Phi) is 5.46. The van der Waals surface area contributed by atoms with Crippen molar-refractivity contribution in [1.82, 2.24) is 25.1 Å². The fourth-order valence-corrected chi connectivity index (χ4v) is 3.94. The normalized spacial score (nSPS) is 14.5. The monoisotopic (exact) mass is 375 g/mol. The van der Waals surface area contributed by atoms with E-state index in [0.717, 1.165) is 30.8 Å². The number of H-pyrrole nitrogens is 1. The van der Waals surface area contributed by atoms with Crippen molar-refractivity contribution < 1.29 is 4.79 Å². The number of benzene rings is 1. The van der Waals surface area contributed by atoms with E-state index in [-0.39, 0.29) is 11.8 Å². The Morgan fingerprint density at radius 2 is 2.11 bits per heavy atom. The molecule has 28 heavy (non-hydrogen) atoms. The van der Waals surface area contributed by atoms with Gasteiger partial charge in [0.15, 0.2) is 0 Å². The van der Waals surface area contributed by atoms with E-state index in [1.807, 2.05) is 11.0 Å². The number of carbonyl (C=O) groups is 1. The van der Waals surface area contributed by atoms with Crippen LogP contribution in [-0.4, -0.2) is 37.5 Å². The molecule has 1 N–H and O–H groups in total. The van der Waals surface area contributed by atoms with Gasteiger partial charge in [-0.2, -0.15) is 5.10 Å². The Hall–Kier alpha value is -3.02. The lowest BCUT2D eigenvalue weighted by atomic mass is 9.89. The fourth-order valence-electron chi connectivity index (χ4n) is 3.94. The molecule has 6 heteroatoms. The molecular weight excluding hydrogens is 350 g/mol. The maximum Gasteiger partial charge on any atom is 0.223 e. The third-order valence-corrected chi connectivity index (χ3v) is 5.47. The van der Waals surface area contributed by atoms with Gasteiger partial charge in [-0.15, -0.1) is 0 Å². The van der Waals surface area contributed by atoms with E-state index in [2.05, 4.69) is 51.4 Å². The van der Waals surface area contributed by atoms with Crippen LogP contribution in [0.5, 0.6) is 0 Å². The number of aromatic amines is 1. The van der Waals surface area contributed by atoms with Gasteiger partial charge >= 0.3 is 0 Å². The molecule has 1 aliphatic rings. The number of rotatable bonds is 6. The summed E-state index contributed by atoms with van der Waals surface area (Å²) in [6.45, 7) is 3.55. The molecule has 0 saturated carbocycles. The molecule has 0 radical (unpaired) electrons. The highest BCUT2D eigenvalue weighted by Gasteiger charge is 2.28. The molecule has 1 unspecified atom stereocenters. The topological polar surface area (TPSA) is 74.8 Å². The highest BCUT2D eigenvalue weighted by molar-refractivity contribution is 5.76. The number of fused-ring (bicyclic) bond motifs is 1. The molecule has 0 bridgehead atoms. The van der Waals surface area contributed by atoms with Gasteiger partial charge in [0.1, 0.15) is 0 Å². The summed E-state index contributed by atoms with van der Waals surface area (Å²) in [6.07, 6.45) is 7.91. The van der Waals surface area contributed by atoms with Crippen LogP contribution in [0.1, 0.15) is 53.9 Å². The molecule has 0 fully saturated rings. The summed E-state index contributed by atoms with van der Waals surface area (Å²) in [5.74, 6) is 0.409. The summed E-state index contributed by atoms with van der Waals surface area (Å²) in [4.78, 5) is 23.0. The maximum absolute atomic E-state index is 12.8. The third-order valence-electron chi connectivity index (χ3n) is 5.47. The smallest absolute Gasteiger partial charge is 0.223 e. The fraction of sp³-hybridized carbons (Fsp3) is 0.364. The molecule has 1 aliphatic heterocycles. The molecule has 4 rings (SSSR count). The zero-order chi connectivity index (χ0) is 19.3. The van der Waals surface area contributed by atoms with Crippen molar-refractivity contribution in [3.05, 3.63) is 77.1 Å². The van der Waals surface area contributed by atoms with E-state index < -0.39 is 0 Å². The number of amides is 1. The van der Waals surface area contributed by atoms with Gasteiger partial charge in [0.05, 0.1) is 11.4 Å². The van der Waals surface area contributed by atoms with Gasteiger partial charge in [-0.3, -0.25) is 19.9 Å². The molecule has 1 amide bonds. The molecule has 0 spiro atoms. The summed E-state index contributed by atoms with van der Waals surface area (Å²) < 4.78 is 0. The van der Waals surface area contributed by atoms with Gasteiger partial charge in [0, 0.05) is 61.7 Å². The van der Waals surface area contributed by atoms with Gasteiger partial charge in [-0.05, 0) is 18.4 Å². The second kappa shape index (κ2) is 8.33. The molecule has 1 aromatic carbocycles. The van der Waals surface area contributed by atoms with Crippen molar-refractivity contribution in [3.63, 3.8) is 0 Å². The molecule has 2 aromatic heterocycles. The number of hydrogen-bond acceptors (Lipinski definition) is 4. The zero-order valence-corrected chi connectivity index (χ0v) is 16.1. The molecule has 6 nitrogen and oxygen atoms in total. The number of aromatic nitrogens is 4. The first-order chi connectivity index (χ1) is 13.8. The van der Waals surface area contributed by atoms with Crippen LogP contribution in [0.2, 0.25) is 0 Å². The van der Waals surface area contributed by atoms with Crippen LogP contribution in [0, 0.1) is 0 Å². The summed E-state index contributed by atoms with van der Waals surface area (Å²) in [6, 6.07) is 10.5. The van der Waals surface area contributed by atoms with Crippen molar-refractivity contribution in [2.45, 2.75) is 45.1 Å². The first-order valence-electron chi connectivity index (χ1n) is 9.90. The second-order valence-electron chi connectivity index (χ2n) is 7.20. The maximum atomic E-state index is 12.8. The zero-order valence-electron chi connectivity index (χ0n) is 16.1. The van der Waals surface area contributed by atoms with E-state index in [1.54, 1.807) is 18.6 Å². The molecule has 0 saturated heterocycles. The number of nitrogens with zero attached hydrogens (tertiary/aromatic N) is 4. The predicted octanol–water partition coefficient (Wildman–Crippen LogP) is 3.26. The van der Waals surface area contributed by atoms with E-state index >= 15 is 0 Å². The summed E-state index contributed by atoms with van der Waals surface area (Å²) in [7, 11) is 0. The predicted molar refractivity (Wildman–Crippen MR) is 107 cm³/mol. The Labute approximate surface area is 165 Å². The van der Waals surface area contributed by atoms with Crippen LogP contribution in [0.3, 0.4) is 0 Å². The largest absolute Gasteiger partial charge is 0.338 e. The van der Waals surface area contributed by atoms with Crippen molar-refractivity contribution in [2.24, 2.45) is 0 Å². The highest BCUT2D eigenvalue weighted by atomic mass is 16.2. The lowest BCUT2D eigenvalue weighted by Crippen LogP contribution is -2.36. The Bertz CT molecular complexity index is 923. The summed E-state index contributed by atoms with van der Waals surface area (Å²) >= 11 is 0. The molecule has 3 aromatic rings. The van der Waals surface area contributed by atoms with Crippen molar-refractivity contribution in [1.29, 1.82) is 0 Å². The van der Waals surface area contributed by atoms with E-state index in [9.17, 15) is 4.79 Å². The van der Waals surface area contributed by atoms with E-state index in [1.165, 1.54) is 16.8 Å². The van der Waals surface area contributed by atoms with Gasteiger partial charge in [0.25, 0.3) is 0 Å². The van der Waals surface area contributed by atoms with Crippen LogP contribution in [0.25, 0.3) is 0 Å². The summed E-state index contributed by atoms with van der Waals surface area (Å²) in [5.41, 5.74) is 5.56. The Morgan fingerprint density at radius 1 is 1.25 bits per heavy atom. The van der Waals surface area contributed by atoms with Crippen LogP contribution < -0.4 is 0 Å². The second-order valence-corrected chi connectivity index (χ2v) is 7.20. The average Bonchev–Trinajstić information content (AvgIpc) is 3.17. The minimum atomic E-state index is 0.163. The molecule has 0 aliphatic carbocycles. The number of aryl methyl sites for hydroxylation is 1. The minimum Gasteiger partial charge on any atom is -0.338 e. The minimum absolute atomic E-state index is 0.163. The Balaban J connectivity index is 1.49. The van der Waals surface area contributed by atoms with Crippen LogP contribution in [0.15, 0.2) is 48.9 Å². The first-order valence-corrected chi connectivity index (χ1v) is 9.90. The first kappa shape index (κ1) is 18.3. The standard InChI is InChI=1S/C22H25N5O/c1-2-18(16-6-4-3-5-7-16)22-19-15-27(13-10-20(19)25-26-22)21(28)9-8-17-14-23-11-12-24-17/h3-7,11-12,14,18H,2,8-10,13,15H2,1H3,(H,25,26). The van der Waals surface area contributed by atoms with Crippen LogP contribution in [0.4, 0.5) is 0 Å². The van der Waals surface area contributed by atoms with E-state index in [0.29, 0.717) is 19.4 Å². The quantitative estimate of drug-likeness (QED) is 0.718. The lowest BCUT2D eigenvalue weighted by Gasteiger charge is -2.28. The molecule has 3 heterocycles. The van der Waals surface area contributed by atoms with Crippen LogP contribution in [-0.2, 0) is 24.2 Å². The number of hydrogen-bond donors (Lipinski definition) is 1. The van der Waals surface area contributed by atoms with Crippen molar-refractivity contribution >= 4 is 5.91 Å². The van der Waals surface area contributed by atoms with E-state index in [4.69, 9.17) is 0 Å². The lowest BCUT2D eigenvalue weighted by molar-refractivity contribution is -0.132. The SMILES string of the molecule is CCC(c1ccccc1)c1n[nH]c2c1CN(C(=O)CCc1cnccn1)CC2. The molecule has 1 atom stereocenters. The molecular formula is C22H25N5O. The van der Waals surface area contributed by atoms with Crippen LogP contribution >= 0.6 is 0 Å². The van der Waals surface area contributed by atoms with Gasteiger partial charge < -0.3 is 4.90 Å². The summed E-state index contributed by atoms with van der Waals surface area (Å²) in [5, 5.41) is 7.87. The van der Waals surface area contributed by atoms with Gasteiger partial charge in [0.2, 0.25) is 5.91 Å². The van der Waals surface area contributed by atoms with Crippen molar-refractivity contribution in [2.75, 3.05) is 6.54 Å². The van der Waals surface area contributed by atoms with Gasteiger partial charge in [-0.1, -0.05) is 37.3 Å². The highest BCUT2D eigenvalue weighted by Crippen LogP contribution is 2.32. The third kappa shape index (κ3) is 3.81. The number of nitrogens with one attached hydrogen (secondary N) is 1. The van der Waals surface area contributed by atoms with Crippen molar-refractivity contribution in [3.8, 4) is 0 Å². The van der Waals surface area contributed by atoms with Gasteiger partial charge in [-0.25, -0.2) is 0 Å².